The van der Waals surface area contributed by atoms with Gasteiger partial charge in [0.1, 0.15) is 6.54 Å². The summed E-state index contributed by atoms with van der Waals surface area (Å²) in [5.41, 5.74) is 6.43. The van der Waals surface area contributed by atoms with Gasteiger partial charge in [-0.3, -0.25) is 9.48 Å². The van der Waals surface area contributed by atoms with Crippen LogP contribution in [0.1, 0.15) is 16.8 Å². The van der Waals surface area contributed by atoms with Gasteiger partial charge < -0.3 is 5.32 Å². The summed E-state index contributed by atoms with van der Waals surface area (Å²) in [6, 6.07) is 18.0. The van der Waals surface area contributed by atoms with Crippen LogP contribution in [0.3, 0.4) is 0 Å². The molecule has 1 amide bonds. The fourth-order valence-corrected chi connectivity index (χ4v) is 4.21. The van der Waals surface area contributed by atoms with E-state index in [-0.39, 0.29) is 12.5 Å². The van der Waals surface area contributed by atoms with E-state index in [9.17, 15) is 4.79 Å². The highest BCUT2D eigenvalue weighted by Crippen LogP contribution is 2.30. The molecule has 0 aliphatic heterocycles. The minimum absolute atomic E-state index is 0.0460. The third-order valence-electron chi connectivity index (χ3n) is 5.67. The zero-order valence-electron chi connectivity index (χ0n) is 18.9. The maximum atomic E-state index is 12.8. The number of pyridine rings is 1. The Morgan fingerprint density at radius 3 is 2.65 bits per heavy atom. The quantitative estimate of drug-likeness (QED) is 0.367. The Labute approximate surface area is 202 Å². The molecule has 0 spiro atoms. The van der Waals surface area contributed by atoms with Gasteiger partial charge in [-0.05, 0) is 42.7 Å². The van der Waals surface area contributed by atoms with Gasteiger partial charge in [-0.2, -0.15) is 10.2 Å². The number of nitrogens with one attached hydrogen (secondary N) is 1. The van der Waals surface area contributed by atoms with Gasteiger partial charge in [0.2, 0.25) is 5.91 Å². The molecule has 0 saturated heterocycles. The Hall–Kier alpha value is -3.97. The molecular weight excluding hydrogens is 448 g/mol. The van der Waals surface area contributed by atoms with Crippen molar-refractivity contribution in [3.63, 3.8) is 0 Å². The van der Waals surface area contributed by atoms with E-state index in [0.717, 1.165) is 27.8 Å². The van der Waals surface area contributed by atoms with Crippen LogP contribution < -0.4 is 5.32 Å². The number of benzene rings is 2. The molecule has 0 radical (unpaired) electrons. The van der Waals surface area contributed by atoms with Gasteiger partial charge in [0.25, 0.3) is 0 Å². The summed E-state index contributed by atoms with van der Waals surface area (Å²) in [4.78, 5) is 17.3. The lowest BCUT2D eigenvalue weighted by molar-refractivity contribution is -0.116. The number of aryl methyl sites for hydroxylation is 2. The van der Waals surface area contributed by atoms with Crippen molar-refractivity contribution in [2.45, 2.75) is 26.9 Å². The van der Waals surface area contributed by atoms with E-state index in [4.69, 9.17) is 11.6 Å². The van der Waals surface area contributed by atoms with Gasteiger partial charge >= 0.3 is 0 Å². The summed E-state index contributed by atoms with van der Waals surface area (Å²) in [6.07, 6.45) is 5.15. The molecule has 0 bridgehead atoms. The summed E-state index contributed by atoms with van der Waals surface area (Å²) in [6.45, 7) is 4.57. The van der Waals surface area contributed by atoms with E-state index >= 15 is 0 Å². The van der Waals surface area contributed by atoms with Crippen LogP contribution in [-0.2, 0) is 17.9 Å². The molecule has 5 rings (SSSR count). The molecule has 0 atom stereocenters. The monoisotopic (exact) mass is 470 g/mol. The van der Waals surface area contributed by atoms with Crippen LogP contribution in [0.4, 0.5) is 5.69 Å². The summed E-state index contributed by atoms with van der Waals surface area (Å²) >= 11 is 6.24. The average Bonchev–Trinajstić information content (AvgIpc) is 3.39. The average molecular weight is 471 g/mol. The second kappa shape index (κ2) is 9.11. The molecule has 2 aromatic carbocycles. The molecule has 7 nitrogen and oxygen atoms in total. The van der Waals surface area contributed by atoms with Crippen molar-refractivity contribution in [2.75, 3.05) is 5.32 Å². The molecule has 0 fully saturated rings. The van der Waals surface area contributed by atoms with Crippen LogP contribution >= 0.6 is 11.6 Å². The van der Waals surface area contributed by atoms with Crippen LogP contribution in [0, 0.1) is 13.8 Å². The van der Waals surface area contributed by atoms with Crippen molar-refractivity contribution >= 4 is 34.2 Å². The predicted octanol–water partition coefficient (Wildman–Crippen LogP) is 5.25. The summed E-state index contributed by atoms with van der Waals surface area (Å²) in [5.74, 6) is -0.204. The SMILES string of the molecule is Cc1ccc(-c2ccnc3c2c(C)nn3CC(=O)Nc2cnn(Cc3ccccc3Cl)c2)cc1. The van der Waals surface area contributed by atoms with Crippen LogP contribution in [0.15, 0.2) is 73.2 Å². The number of nitrogens with zero attached hydrogens (tertiary/aromatic N) is 5. The van der Waals surface area contributed by atoms with Crippen LogP contribution in [0.2, 0.25) is 5.02 Å². The molecular formula is C26H23ClN6O. The lowest BCUT2D eigenvalue weighted by atomic mass is 10.0. The van der Waals surface area contributed by atoms with Gasteiger partial charge in [-0.15, -0.1) is 0 Å². The maximum Gasteiger partial charge on any atom is 0.246 e. The number of hydrogen-bond acceptors (Lipinski definition) is 4. The van der Waals surface area contributed by atoms with Crippen molar-refractivity contribution in [3.8, 4) is 11.1 Å². The van der Waals surface area contributed by atoms with E-state index < -0.39 is 0 Å². The zero-order valence-corrected chi connectivity index (χ0v) is 19.6. The number of amides is 1. The van der Waals surface area contributed by atoms with Crippen LogP contribution in [-0.4, -0.2) is 30.5 Å². The molecule has 0 saturated carbocycles. The first-order valence-electron chi connectivity index (χ1n) is 10.9. The maximum absolute atomic E-state index is 12.8. The molecule has 170 valence electrons. The Morgan fingerprint density at radius 2 is 1.85 bits per heavy atom. The fourth-order valence-electron chi connectivity index (χ4n) is 4.02. The number of aromatic nitrogens is 5. The van der Waals surface area contributed by atoms with E-state index in [1.807, 2.05) is 37.3 Å². The smallest absolute Gasteiger partial charge is 0.246 e. The van der Waals surface area contributed by atoms with Crippen molar-refractivity contribution < 1.29 is 4.79 Å². The zero-order chi connectivity index (χ0) is 23.7. The molecule has 8 heteroatoms. The lowest BCUT2D eigenvalue weighted by Crippen LogP contribution is -2.19. The van der Waals surface area contributed by atoms with Crippen molar-refractivity contribution in [1.29, 1.82) is 0 Å². The van der Waals surface area contributed by atoms with Gasteiger partial charge in [-0.25, -0.2) is 9.67 Å². The van der Waals surface area contributed by atoms with E-state index in [1.54, 1.807) is 28.0 Å². The Bertz CT molecular complexity index is 1490. The molecule has 0 unspecified atom stereocenters. The second-order valence-corrected chi connectivity index (χ2v) is 8.64. The fraction of sp³-hybridized carbons (Fsp3) is 0.154. The summed E-state index contributed by atoms with van der Waals surface area (Å²) in [5, 5.41) is 13.5. The van der Waals surface area contributed by atoms with E-state index in [2.05, 4.69) is 51.7 Å². The van der Waals surface area contributed by atoms with E-state index in [0.29, 0.717) is 22.9 Å². The second-order valence-electron chi connectivity index (χ2n) is 8.23. The summed E-state index contributed by atoms with van der Waals surface area (Å²) in [7, 11) is 0. The first-order chi connectivity index (χ1) is 16.5. The first kappa shape index (κ1) is 21.9. The van der Waals surface area contributed by atoms with Gasteiger partial charge in [-0.1, -0.05) is 59.6 Å². The Kier molecular flexibility index (Phi) is 5.86. The molecule has 3 heterocycles. The Balaban J connectivity index is 1.34. The molecule has 34 heavy (non-hydrogen) atoms. The molecule has 5 aromatic rings. The molecule has 1 N–H and O–H groups in total. The highest BCUT2D eigenvalue weighted by Gasteiger charge is 2.16. The number of halogens is 1. The minimum atomic E-state index is -0.204. The highest BCUT2D eigenvalue weighted by atomic mass is 35.5. The van der Waals surface area contributed by atoms with Crippen molar-refractivity contribution in [1.82, 2.24) is 24.5 Å². The number of rotatable bonds is 6. The normalized spacial score (nSPS) is 11.1. The van der Waals surface area contributed by atoms with Gasteiger partial charge in [0, 0.05) is 22.8 Å². The van der Waals surface area contributed by atoms with Crippen LogP contribution in [0.5, 0.6) is 0 Å². The number of carbonyl (C=O) groups is 1. The largest absolute Gasteiger partial charge is 0.322 e. The highest BCUT2D eigenvalue weighted by molar-refractivity contribution is 6.31. The van der Waals surface area contributed by atoms with E-state index in [1.165, 1.54) is 5.56 Å². The number of hydrogen-bond donors (Lipinski definition) is 1. The first-order valence-corrected chi connectivity index (χ1v) is 11.3. The number of fused-ring (bicyclic) bond motifs is 1. The number of anilines is 1. The van der Waals surface area contributed by atoms with Gasteiger partial charge in [0.15, 0.2) is 5.65 Å². The minimum Gasteiger partial charge on any atom is -0.322 e. The Morgan fingerprint density at radius 1 is 1.06 bits per heavy atom. The van der Waals surface area contributed by atoms with Crippen molar-refractivity contribution in [3.05, 3.63) is 95.0 Å². The molecule has 0 aliphatic rings. The third kappa shape index (κ3) is 4.43. The standard InChI is InChI=1S/C26H23ClN6O/c1-17-7-9-19(10-8-17)22-11-12-28-26-25(22)18(2)31-33(26)16-24(34)30-21-13-29-32(15-21)14-20-5-3-4-6-23(20)27/h3-13,15H,14,16H2,1-2H3,(H,30,34). The van der Waals surface area contributed by atoms with Crippen molar-refractivity contribution in [2.24, 2.45) is 0 Å². The number of carbonyl (C=O) groups excluding carboxylic acids is 1. The topological polar surface area (TPSA) is 77.6 Å². The molecule has 0 aliphatic carbocycles. The van der Waals surface area contributed by atoms with Gasteiger partial charge in [0.05, 0.1) is 24.1 Å². The predicted molar refractivity (Wildman–Crippen MR) is 134 cm³/mol. The summed E-state index contributed by atoms with van der Waals surface area (Å²) < 4.78 is 3.38. The lowest BCUT2D eigenvalue weighted by Gasteiger charge is -2.06. The third-order valence-corrected chi connectivity index (χ3v) is 6.04. The van der Waals surface area contributed by atoms with Crippen LogP contribution in [0.25, 0.3) is 22.2 Å². The molecule has 3 aromatic heterocycles.